The quantitative estimate of drug-likeness (QED) is 0.649. The van der Waals surface area contributed by atoms with E-state index < -0.39 is 5.97 Å². The fourth-order valence-corrected chi connectivity index (χ4v) is 3.18. The third-order valence-corrected chi connectivity index (χ3v) is 4.28. The van der Waals surface area contributed by atoms with Gasteiger partial charge in [-0.1, -0.05) is 48.5 Å². The number of rotatable bonds is 4. The lowest BCUT2D eigenvalue weighted by atomic mass is 9.84. The van der Waals surface area contributed by atoms with Crippen LogP contribution in [0.3, 0.4) is 0 Å². The van der Waals surface area contributed by atoms with Crippen LogP contribution in [0.1, 0.15) is 40.9 Å². The van der Waals surface area contributed by atoms with Gasteiger partial charge in [-0.25, -0.2) is 4.79 Å². The van der Waals surface area contributed by atoms with Crippen LogP contribution in [-0.4, -0.2) is 22.4 Å². The molecular weight excluding hydrogens is 326 g/mol. The first kappa shape index (κ1) is 17.7. The topological polar surface area (TPSA) is 66.4 Å². The maximum Gasteiger partial charge on any atom is 0.328 e. The van der Waals surface area contributed by atoms with Crippen molar-refractivity contribution in [2.75, 3.05) is 0 Å². The summed E-state index contributed by atoms with van der Waals surface area (Å²) in [5, 5.41) is 12.2. The van der Waals surface area contributed by atoms with Gasteiger partial charge in [0, 0.05) is 34.5 Å². The Morgan fingerprint density at radius 3 is 2.54 bits per heavy atom. The van der Waals surface area contributed by atoms with Gasteiger partial charge in [0.2, 0.25) is 0 Å². The molecule has 3 rings (SSSR count). The minimum absolute atomic E-state index is 0.0494. The summed E-state index contributed by atoms with van der Waals surface area (Å²) in [7, 11) is 0. The number of carboxylic acid groups (broad SMARTS) is 1. The molecule has 2 aromatic carbocycles. The van der Waals surface area contributed by atoms with E-state index in [4.69, 9.17) is 5.11 Å². The smallest absolute Gasteiger partial charge is 0.328 e. The van der Waals surface area contributed by atoms with Gasteiger partial charge in [0.05, 0.1) is 0 Å². The van der Waals surface area contributed by atoms with Crippen LogP contribution in [0.25, 0.3) is 11.8 Å². The molecule has 132 valence electrons. The Bertz CT molecular complexity index is 908. The van der Waals surface area contributed by atoms with Crippen LogP contribution >= 0.6 is 0 Å². The molecule has 1 aliphatic rings. The average molecular weight is 347 g/mol. The number of ketones is 1. The van der Waals surface area contributed by atoms with Crippen LogP contribution in [0.2, 0.25) is 0 Å². The first-order valence-electron chi connectivity index (χ1n) is 8.48. The number of hydrogen-bond donors (Lipinski definition) is 2. The molecule has 0 amide bonds. The van der Waals surface area contributed by atoms with Gasteiger partial charge in [-0.05, 0) is 37.5 Å². The standard InChI is InChI=1S/C22H21NO3/c1-22(2)14-17-12-15(9-11-21(25)26)8-10-18(17)19(23-22)13-20(24)16-6-4-3-5-7-16/h3-13,23H,14H2,1-2H3,(H,25,26)/b11-9+,19-13-. The predicted molar refractivity (Wildman–Crippen MR) is 103 cm³/mol. The molecule has 0 radical (unpaired) electrons. The minimum atomic E-state index is -0.973. The van der Waals surface area contributed by atoms with Crippen molar-refractivity contribution in [3.8, 4) is 0 Å². The molecule has 4 nitrogen and oxygen atoms in total. The first-order chi connectivity index (χ1) is 12.3. The Morgan fingerprint density at radius 1 is 1.12 bits per heavy atom. The summed E-state index contributed by atoms with van der Waals surface area (Å²) in [6.45, 7) is 4.16. The van der Waals surface area contributed by atoms with Crippen molar-refractivity contribution in [2.45, 2.75) is 25.8 Å². The number of allylic oxidation sites excluding steroid dienone is 1. The van der Waals surface area contributed by atoms with E-state index in [1.807, 2.05) is 36.4 Å². The van der Waals surface area contributed by atoms with E-state index >= 15 is 0 Å². The Balaban J connectivity index is 2.00. The lowest BCUT2D eigenvalue weighted by Crippen LogP contribution is -2.43. The molecule has 0 fully saturated rings. The number of carbonyl (C=O) groups excluding carboxylic acids is 1. The normalized spacial score (nSPS) is 16.9. The Hall–Kier alpha value is -3.14. The summed E-state index contributed by atoms with van der Waals surface area (Å²) in [5.41, 5.74) is 4.13. The lowest BCUT2D eigenvalue weighted by molar-refractivity contribution is -0.131. The van der Waals surface area contributed by atoms with Gasteiger partial charge in [0.25, 0.3) is 0 Å². The van der Waals surface area contributed by atoms with E-state index in [1.54, 1.807) is 24.3 Å². The molecule has 1 heterocycles. The highest BCUT2D eigenvalue weighted by molar-refractivity contribution is 6.08. The molecule has 0 atom stereocenters. The molecule has 0 bridgehead atoms. The number of fused-ring (bicyclic) bond motifs is 1. The predicted octanol–water partition coefficient (Wildman–Crippen LogP) is 3.93. The van der Waals surface area contributed by atoms with Crippen molar-refractivity contribution in [3.05, 3.63) is 82.9 Å². The fraction of sp³-hybridized carbons (Fsp3) is 0.182. The Labute approximate surface area is 152 Å². The Morgan fingerprint density at radius 2 is 1.85 bits per heavy atom. The fourth-order valence-electron chi connectivity index (χ4n) is 3.18. The van der Waals surface area contributed by atoms with Gasteiger partial charge in [0.15, 0.2) is 5.78 Å². The summed E-state index contributed by atoms with van der Waals surface area (Å²) >= 11 is 0. The molecule has 4 heteroatoms. The number of aliphatic carboxylic acids is 1. The molecule has 2 aromatic rings. The zero-order valence-electron chi connectivity index (χ0n) is 14.8. The van der Waals surface area contributed by atoms with Gasteiger partial charge in [0.1, 0.15) is 0 Å². The molecule has 0 unspecified atom stereocenters. The van der Waals surface area contributed by atoms with Crippen LogP contribution < -0.4 is 5.32 Å². The van der Waals surface area contributed by atoms with Gasteiger partial charge in [-0.15, -0.1) is 0 Å². The van der Waals surface area contributed by atoms with Crippen molar-refractivity contribution >= 4 is 23.5 Å². The van der Waals surface area contributed by atoms with E-state index in [-0.39, 0.29) is 11.3 Å². The van der Waals surface area contributed by atoms with Crippen molar-refractivity contribution in [1.29, 1.82) is 0 Å². The number of benzene rings is 2. The van der Waals surface area contributed by atoms with Crippen LogP contribution in [0.5, 0.6) is 0 Å². The molecule has 0 saturated carbocycles. The molecule has 26 heavy (non-hydrogen) atoms. The minimum Gasteiger partial charge on any atom is -0.478 e. The molecular formula is C22H21NO3. The maximum absolute atomic E-state index is 12.6. The zero-order valence-corrected chi connectivity index (χ0v) is 14.8. The highest BCUT2D eigenvalue weighted by Crippen LogP contribution is 2.31. The third kappa shape index (κ3) is 4.09. The maximum atomic E-state index is 12.6. The monoisotopic (exact) mass is 347 g/mol. The number of nitrogens with one attached hydrogen (secondary N) is 1. The second-order valence-corrected chi connectivity index (χ2v) is 7.06. The number of carboxylic acids is 1. The van der Waals surface area contributed by atoms with E-state index in [0.29, 0.717) is 5.56 Å². The number of hydrogen-bond acceptors (Lipinski definition) is 3. The summed E-state index contributed by atoms with van der Waals surface area (Å²) in [6, 6.07) is 15.0. The molecule has 0 saturated heterocycles. The average Bonchev–Trinajstić information content (AvgIpc) is 2.59. The van der Waals surface area contributed by atoms with Crippen molar-refractivity contribution < 1.29 is 14.7 Å². The SMILES string of the molecule is CC1(C)Cc2cc(/C=C/C(=O)O)ccc2/C(=C/C(=O)c2ccccc2)N1. The molecule has 0 aromatic heterocycles. The molecule has 1 aliphatic heterocycles. The van der Waals surface area contributed by atoms with Gasteiger partial charge < -0.3 is 10.4 Å². The highest BCUT2D eigenvalue weighted by Gasteiger charge is 2.28. The summed E-state index contributed by atoms with van der Waals surface area (Å²) < 4.78 is 0. The summed E-state index contributed by atoms with van der Waals surface area (Å²) in [6.07, 6.45) is 5.13. The van der Waals surface area contributed by atoms with Crippen LogP contribution in [0.15, 0.2) is 60.7 Å². The van der Waals surface area contributed by atoms with Crippen molar-refractivity contribution in [2.24, 2.45) is 0 Å². The third-order valence-electron chi connectivity index (χ3n) is 4.28. The van der Waals surface area contributed by atoms with E-state index in [9.17, 15) is 9.59 Å². The highest BCUT2D eigenvalue weighted by atomic mass is 16.4. The molecule has 0 aliphatic carbocycles. The van der Waals surface area contributed by atoms with Crippen LogP contribution in [-0.2, 0) is 11.2 Å². The van der Waals surface area contributed by atoms with Crippen molar-refractivity contribution in [1.82, 2.24) is 5.32 Å². The van der Waals surface area contributed by atoms with E-state index in [0.717, 1.165) is 34.9 Å². The largest absolute Gasteiger partial charge is 0.478 e. The van der Waals surface area contributed by atoms with Gasteiger partial charge in [-0.2, -0.15) is 0 Å². The van der Waals surface area contributed by atoms with E-state index in [2.05, 4.69) is 19.2 Å². The molecule has 2 N–H and O–H groups in total. The van der Waals surface area contributed by atoms with E-state index in [1.165, 1.54) is 0 Å². The van der Waals surface area contributed by atoms with Gasteiger partial charge >= 0.3 is 5.97 Å². The zero-order chi connectivity index (χ0) is 18.7. The lowest BCUT2D eigenvalue weighted by Gasteiger charge is -2.35. The Kier molecular flexibility index (Phi) is 4.76. The summed E-state index contributed by atoms with van der Waals surface area (Å²) in [5.74, 6) is -1.02. The molecule has 0 spiro atoms. The number of carbonyl (C=O) groups is 2. The second-order valence-electron chi connectivity index (χ2n) is 7.06. The van der Waals surface area contributed by atoms with Crippen molar-refractivity contribution in [3.63, 3.8) is 0 Å². The van der Waals surface area contributed by atoms with Crippen LogP contribution in [0.4, 0.5) is 0 Å². The summed E-state index contributed by atoms with van der Waals surface area (Å²) in [4.78, 5) is 23.3. The first-order valence-corrected chi connectivity index (χ1v) is 8.48. The second kappa shape index (κ2) is 7.00. The van der Waals surface area contributed by atoms with Gasteiger partial charge in [-0.3, -0.25) is 4.79 Å². The van der Waals surface area contributed by atoms with Crippen LogP contribution in [0, 0.1) is 0 Å².